The van der Waals surface area contributed by atoms with E-state index >= 15 is 0 Å². The SMILES string of the molecule is CCCCC=CCCCCC(C)N. The Hall–Kier alpha value is -0.300. The first-order valence-corrected chi connectivity index (χ1v) is 5.68. The molecule has 0 bridgehead atoms. The summed E-state index contributed by atoms with van der Waals surface area (Å²) in [6, 6.07) is 0.379. The minimum atomic E-state index is 0.379. The smallest absolute Gasteiger partial charge is 0.00104 e. The van der Waals surface area contributed by atoms with E-state index < -0.39 is 0 Å². The molecule has 0 aromatic carbocycles. The molecule has 0 aliphatic carbocycles. The number of allylic oxidation sites excluding steroid dienone is 2. The van der Waals surface area contributed by atoms with E-state index in [1.165, 1.54) is 44.9 Å². The molecule has 1 atom stereocenters. The van der Waals surface area contributed by atoms with E-state index in [-0.39, 0.29) is 0 Å². The van der Waals surface area contributed by atoms with Crippen molar-refractivity contribution in [3.05, 3.63) is 12.2 Å². The summed E-state index contributed by atoms with van der Waals surface area (Å²) in [7, 11) is 0. The van der Waals surface area contributed by atoms with E-state index in [2.05, 4.69) is 26.0 Å². The molecule has 1 nitrogen and oxygen atoms in total. The van der Waals surface area contributed by atoms with E-state index in [1.807, 2.05) is 0 Å². The van der Waals surface area contributed by atoms with Crippen molar-refractivity contribution in [3.63, 3.8) is 0 Å². The molecule has 2 N–H and O–H groups in total. The normalized spacial score (nSPS) is 13.8. The number of hydrogen-bond donors (Lipinski definition) is 1. The van der Waals surface area contributed by atoms with Crippen LogP contribution >= 0.6 is 0 Å². The Morgan fingerprint density at radius 1 is 1.08 bits per heavy atom. The second-order valence-electron chi connectivity index (χ2n) is 3.88. The molecule has 0 aliphatic rings. The van der Waals surface area contributed by atoms with E-state index in [4.69, 9.17) is 5.73 Å². The third kappa shape index (κ3) is 11.7. The number of hydrogen-bond acceptors (Lipinski definition) is 1. The highest BCUT2D eigenvalue weighted by Gasteiger charge is 1.91. The van der Waals surface area contributed by atoms with Crippen LogP contribution in [-0.4, -0.2) is 6.04 Å². The Balaban J connectivity index is 3.02. The lowest BCUT2D eigenvalue weighted by Gasteiger charge is -2.01. The summed E-state index contributed by atoms with van der Waals surface area (Å²) in [5, 5.41) is 0. The van der Waals surface area contributed by atoms with Crippen molar-refractivity contribution in [1.29, 1.82) is 0 Å². The summed E-state index contributed by atoms with van der Waals surface area (Å²) in [5.74, 6) is 0. The van der Waals surface area contributed by atoms with Gasteiger partial charge in [0.05, 0.1) is 0 Å². The van der Waals surface area contributed by atoms with E-state index in [0.29, 0.717) is 6.04 Å². The molecule has 0 aromatic rings. The van der Waals surface area contributed by atoms with Crippen molar-refractivity contribution in [1.82, 2.24) is 0 Å². The van der Waals surface area contributed by atoms with Gasteiger partial charge in [0.1, 0.15) is 0 Å². The van der Waals surface area contributed by atoms with Crippen LogP contribution in [-0.2, 0) is 0 Å². The van der Waals surface area contributed by atoms with Gasteiger partial charge in [-0.1, -0.05) is 38.3 Å². The lowest BCUT2D eigenvalue weighted by atomic mass is 10.1. The zero-order valence-corrected chi connectivity index (χ0v) is 9.26. The summed E-state index contributed by atoms with van der Waals surface area (Å²) >= 11 is 0. The van der Waals surface area contributed by atoms with Gasteiger partial charge in [0.2, 0.25) is 0 Å². The summed E-state index contributed by atoms with van der Waals surface area (Å²) < 4.78 is 0. The zero-order chi connectivity index (χ0) is 9.94. The standard InChI is InChI=1S/C12H25N/c1-3-4-5-6-7-8-9-10-11-12(2)13/h6-7,12H,3-5,8-11,13H2,1-2H3. The third-order valence-electron chi connectivity index (χ3n) is 2.17. The topological polar surface area (TPSA) is 26.0 Å². The molecule has 0 aromatic heterocycles. The van der Waals surface area contributed by atoms with Gasteiger partial charge in [-0.05, 0) is 32.6 Å². The van der Waals surface area contributed by atoms with Gasteiger partial charge in [0.25, 0.3) is 0 Å². The minimum absolute atomic E-state index is 0.379. The predicted octanol–water partition coefficient (Wildman–Crippen LogP) is 3.64. The molecule has 1 unspecified atom stereocenters. The van der Waals surface area contributed by atoms with Crippen LogP contribution in [0.25, 0.3) is 0 Å². The van der Waals surface area contributed by atoms with Crippen molar-refractivity contribution < 1.29 is 0 Å². The number of unbranched alkanes of at least 4 members (excludes halogenated alkanes) is 4. The fourth-order valence-corrected chi connectivity index (χ4v) is 1.29. The summed E-state index contributed by atoms with van der Waals surface area (Å²) in [6.07, 6.45) is 13.5. The summed E-state index contributed by atoms with van der Waals surface area (Å²) in [4.78, 5) is 0. The number of nitrogens with two attached hydrogens (primary N) is 1. The molecule has 0 saturated heterocycles. The fourth-order valence-electron chi connectivity index (χ4n) is 1.29. The van der Waals surface area contributed by atoms with Gasteiger partial charge >= 0.3 is 0 Å². The molecule has 0 rings (SSSR count). The van der Waals surface area contributed by atoms with E-state index in [0.717, 1.165) is 0 Å². The van der Waals surface area contributed by atoms with Gasteiger partial charge in [0, 0.05) is 6.04 Å². The third-order valence-corrected chi connectivity index (χ3v) is 2.17. The van der Waals surface area contributed by atoms with Gasteiger partial charge in [-0.25, -0.2) is 0 Å². The molecule has 0 saturated carbocycles. The lowest BCUT2D eigenvalue weighted by molar-refractivity contribution is 0.601. The van der Waals surface area contributed by atoms with E-state index in [1.54, 1.807) is 0 Å². The van der Waals surface area contributed by atoms with Crippen LogP contribution in [0, 0.1) is 0 Å². The molecular weight excluding hydrogens is 158 g/mol. The van der Waals surface area contributed by atoms with Crippen LogP contribution in [0.1, 0.15) is 58.8 Å². The molecule has 13 heavy (non-hydrogen) atoms. The second kappa shape index (κ2) is 9.79. The van der Waals surface area contributed by atoms with Crippen molar-refractivity contribution >= 4 is 0 Å². The Labute approximate surface area is 83.4 Å². The molecular formula is C12H25N. The molecule has 78 valence electrons. The molecule has 0 radical (unpaired) electrons. The van der Waals surface area contributed by atoms with Crippen molar-refractivity contribution in [3.8, 4) is 0 Å². The van der Waals surface area contributed by atoms with Gasteiger partial charge in [-0.3, -0.25) is 0 Å². The van der Waals surface area contributed by atoms with Gasteiger partial charge < -0.3 is 5.73 Å². The molecule has 0 aliphatic heterocycles. The van der Waals surface area contributed by atoms with Crippen LogP contribution in [0.3, 0.4) is 0 Å². The highest BCUT2D eigenvalue weighted by molar-refractivity contribution is 4.81. The van der Waals surface area contributed by atoms with Crippen molar-refractivity contribution in [2.75, 3.05) is 0 Å². The Kier molecular flexibility index (Phi) is 9.56. The molecule has 0 spiro atoms. The maximum Gasteiger partial charge on any atom is 0.00104 e. The number of rotatable bonds is 8. The van der Waals surface area contributed by atoms with E-state index in [9.17, 15) is 0 Å². The fraction of sp³-hybridized carbons (Fsp3) is 0.833. The molecule has 0 heterocycles. The largest absolute Gasteiger partial charge is 0.328 e. The van der Waals surface area contributed by atoms with Gasteiger partial charge in [0.15, 0.2) is 0 Å². The van der Waals surface area contributed by atoms with Crippen molar-refractivity contribution in [2.45, 2.75) is 64.8 Å². The van der Waals surface area contributed by atoms with Gasteiger partial charge in [-0.2, -0.15) is 0 Å². The molecule has 0 amide bonds. The monoisotopic (exact) mass is 183 g/mol. The average molecular weight is 183 g/mol. The maximum absolute atomic E-state index is 5.65. The summed E-state index contributed by atoms with van der Waals surface area (Å²) in [6.45, 7) is 4.31. The predicted molar refractivity (Wildman–Crippen MR) is 60.8 cm³/mol. The van der Waals surface area contributed by atoms with Crippen LogP contribution < -0.4 is 5.73 Å². The Bertz CT molecular complexity index is 116. The Morgan fingerprint density at radius 3 is 2.23 bits per heavy atom. The molecule has 1 heteroatoms. The lowest BCUT2D eigenvalue weighted by Crippen LogP contribution is -2.13. The average Bonchev–Trinajstić information content (AvgIpc) is 2.09. The molecule has 0 fully saturated rings. The highest BCUT2D eigenvalue weighted by Crippen LogP contribution is 2.03. The maximum atomic E-state index is 5.65. The quantitative estimate of drug-likeness (QED) is 0.451. The first-order valence-electron chi connectivity index (χ1n) is 5.68. The van der Waals surface area contributed by atoms with Crippen LogP contribution in [0.15, 0.2) is 12.2 Å². The van der Waals surface area contributed by atoms with Crippen molar-refractivity contribution in [2.24, 2.45) is 5.73 Å². The zero-order valence-electron chi connectivity index (χ0n) is 9.26. The van der Waals surface area contributed by atoms with Crippen LogP contribution in [0.5, 0.6) is 0 Å². The van der Waals surface area contributed by atoms with Crippen LogP contribution in [0.2, 0.25) is 0 Å². The minimum Gasteiger partial charge on any atom is -0.328 e. The second-order valence-corrected chi connectivity index (χ2v) is 3.88. The first-order chi connectivity index (χ1) is 6.27. The van der Waals surface area contributed by atoms with Gasteiger partial charge in [-0.15, -0.1) is 0 Å². The Morgan fingerprint density at radius 2 is 1.69 bits per heavy atom. The van der Waals surface area contributed by atoms with Crippen LogP contribution in [0.4, 0.5) is 0 Å². The first kappa shape index (κ1) is 12.7. The highest BCUT2D eigenvalue weighted by atomic mass is 14.6. The summed E-state index contributed by atoms with van der Waals surface area (Å²) in [5.41, 5.74) is 5.65.